The van der Waals surface area contributed by atoms with E-state index in [1.807, 2.05) is 0 Å². The smallest absolute Gasteiger partial charge is 0.306 e. The zero-order chi connectivity index (χ0) is 46.5. The summed E-state index contributed by atoms with van der Waals surface area (Å²) < 4.78 is 16.8. The van der Waals surface area contributed by atoms with Gasteiger partial charge in [0.1, 0.15) is 13.2 Å². The van der Waals surface area contributed by atoms with Crippen LogP contribution in [0.5, 0.6) is 0 Å². The van der Waals surface area contributed by atoms with Crippen molar-refractivity contribution in [2.75, 3.05) is 13.2 Å². The van der Waals surface area contributed by atoms with Crippen molar-refractivity contribution in [1.29, 1.82) is 0 Å². The summed E-state index contributed by atoms with van der Waals surface area (Å²) in [6.07, 6.45) is 63.9. The Bertz CT molecular complexity index is 1120. The van der Waals surface area contributed by atoms with Gasteiger partial charge in [-0.05, 0) is 96.3 Å². The van der Waals surface area contributed by atoms with E-state index in [1.54, 1.807) is 0 Å². The van der Waals surface area contributed by atoms with Crippen molar-refractivity contribution in [2.24, 2.45) is 0 Å². The van der Waals surface area contributed by atoms with E-state index in [-0.39, 0.29) is 31.1 Å². The van der Waals surface area contributed by atoms with E-state index in [4.69, 9.17) is 14.2 Å². The van der Waals surface area contributed by atoms with Crippen molar-refractivity contribution in [1.82, 2.24) is 0 Å². The second-order valence-corrected chi connectivity index (χ2v) is 18.5. The normalized spacial score (nSPS) is 12.4. The Hall–Kier alpha value is -2.63. The van der Waals surface area contributed by atoms with Crippen LogP contribution in [0, 0.1) is 0 Å². The molecular formula is C58H104O6. The summed E-state index contributed by atoms with van der Waals surface area (Å²) in [5.41, 5.74) is 0. The summed E-state index contributed by atoms with van der Waals surface area (Å²) in [6, 6.07) is 0. The number of ether oxygens (including phenoxy) is 3. The fraction of sp³-hybridized carbons (Fsp3) is 0.810. The van der Waals surface area contributed by atoms with Gasteiger partial charge in [0.2, 0.25) is 0 Å². The van der Waals surface area contributed by atoms with Gasteiger partial charge in [-0.1, -0.05) is 217 Å². The van der Waals surface area contributed by atoms with Crippen LogP contribution in [-0.4, -0.2) is 37.2 Å². The Balaban J connectivity index is 4.32. The van der Waals surface area contributed by atoms with Gasteiger partial charge in [-0.25, -0.2) is 0 Å². The summed E-state index contributed by atoms with van der Waals surface area (Å²) in [5, 5.41) is 0. The van der Waals surface area contributed by atoms with E-state index in [2.05, 4.69) is 69.4 Å². The van der Waals surface area contributed by atoms with Crippen LogP contribution in [-0.2, 0) is 28.6 Å². The highest BCUT2D eigenvalue weighted by Gasteiger charge is 2.19. The van der Waals surface area contributed by atoms with Gasteiger partial charge in [-0.2, -0.15) is 0 Å². The van der Waals surface area contributed by atoms with E-state index in [1.165, 1.54) is 154 Å². The van der Waals surface area contributed by atoms with Gasteiger partial charge in [-0.3, -0.25) is 14.4 Å². The van der Waals surface area contributed by atoms with E-state index < -0.39 is 6.10 Å². The van der Waals surface area contributed by atoms with Gasteiger partial charge < -0.3 is 14.2 Å². The minimum absolute atomic E-state index is 0.0812. The molecule has 6 nitrogen and oxygen atoms in total. The zero-order valence-electron chi connectivity index (χ0n) is 42.6. The predicted octanol–water partition coefficient (Wildman–Crippen LogP) is 18.3. The molecule has 1 unspecified atom stereocenters. The van der Waals surface area contributed by atoms with Crippen LogP contribution in [0.1, 0.15) is 284 Å². The van der Waals surface area contributed by atoms with E-state index >= 15 is 0 Å². The van der Waals surface area contributed by atoms with Gasteiger partial charge >= 0.3 is 17.9 Å². The number of carbonyl (C=O) groups excluding carboxylic acids is 3. The number of rotatable bonds is 50. The fourth-order valence-corrected chi connectivity index (χ4v) is 7.80. The zero-order valence-corrected chi connectivity index (χ0v) is 42.6. The largest absolute Gasteiger partial charge is 0.462 e. The van der Waals surface area contributed by atoms with Crippen LogP contribution < -0.4 is 0 Å². The molecule has 0 aromatic rings. The highest BCUT2D eigenvalue weighted by Crippen LogP contribution is 2.15. The Morgan fingerprint density at radius 1 is 0.312 bits per heavy atom. The maximum atomic E-state index is 12.8. The first-order chi connectivity index (χ1) is 31.5. The molecule has 0 saturated heterocycles. The maximum Gasteiger partial charge on any atom is 0.306 e. The van der Waals surface area contributed by atoms with Gasteiger partial charge in [0.05, 0.1) is 0 Å². The molecule has 0 aliphatic rings. The molecule has 0 aliphatic heterocycles. The fourth-order valence-electron chi connectivity index (χ4n) is 7.80. The topological polar surface area (TPSA) is 78.9 Å². The molecule has 0 aliphatic carbocycles. The molecule has 0 N–H and O–H groups in total. The third-order valence-electron chi connectivity index (χ3n) is 12.0. The third-order valence-corrected chi connectivity index (χ3v) is 12.0. The quantitative estimate of drug-likeness (QED) is 0.0262. The van der Waals surface area contributed by atoms with E-state index in [9.17, 15) is 14.4 Å². The van der Waals surface area contributed by atoms with Crippen molar-refractivity contribution in [3.05, 3.63) is 48.6 Å². The molecule has 0 aromatic heterocycles. The van der Waals surface area contributed by atoms with E-state index in [0.29, 0.717) is 19.3 Å². The summed E-state index contributed by atoms with van der Waals surface area (Å²) in [5.74, 6) is -0.898. The molecule has 0 amide bonds. The molecule has 1 atom stereocenters. The molecule has 0 radical (unpaired) electrons. The Labute approximate surface area is 397 Å². The highest BCUT2D eigenvalue weighted by molar-refractivity contribution is 5.71. The molecule has 0 heterocycles. The lowest BCUT2D eigenvalue weighted by molar-refractivity contribution is -0.167. The lowest BCUT2D eigenvalue weighted by Crippen LogP contribution is -2.30. The third kappa shape index (κ3) is 50.4. The molecule has 0 rings (SSSR count). The van der Waals surface area contributed by atoms with Crippen molar-refractivity contribution in [2.45, 2.75) is 290 Å². The molecule has 0 spiro atoms. The summed E-state index contributed by atoms with van der Waals surface area (Å²) >= 11 is 0. The summed E-state index contributed by atoms with van der Waals surface area (Å²) in [4.78, 5) is 38.0. The first-order valence-electron chi connectivity index (χ1n) is 27.6. The van der Waals surface area contributed by atoms with Crippen molar-refractivity contribution in [3.8, 4) is 0 Å². The lowest BCUT2D eigenvalue weighted by Gasteiger charge is -2.18. The van der Waals surface area contributed by atoms with Crippen molar-refractivity contribution < 1.29 is 28.6 Å². The second kappa shape index (κ2) is 53.0. The number of allylic oxidation sites excluding steroid dienone is 8. The molecule has 6 heteroatoms. The molecule has 64 heavy (non-hydrogen) atoms. The number of carbonyl (C=O) groups is 3. The number of hydrogen-bond acceptors (Lipinski definition) is 6. The Morgan fingerprint density at radius 3 is 0.953 bits per heavy atom. The van der Waals surface area contributed by atoms with Crippen LogP contribution in [0.15, 0.2) is 48.6 Å². The number of hydrogen-bond donors (Lipinski definition) is 0. The Morgan fingerprint density at radius 2 is 0.578 bits per heavy atom. The maximum absolute atomic E-state index is 12.8. The molecule has 0 fully saturated rings. The monoisotopic (exact) mass is 897 g/mol. The minimum Gasteiger partial charge on any atom is -0.462 e. The molecule has 0 saturated carbocycles. The number of esters is 3. The SMILES string of the molecule is CCCC/C=C\CCCCCCC(=O)OCC(COC(=O)CCCCCCCCC/C=C\CCCCCCCCCC)OC(=O)CCCCCCCCC/C=C\C/C=C\CCCCC. The Kier molecular flexibility index (Phi) is 50.8. The summed E-state index contributed by atoms with van der Waals surface area (Å²) in [7, 11) is 0. The van der Waals surface area contributed by atoms with Crippen LogP contribution in [0.25, 0.3) is 0 Å². The molecular weight excluding hydrogens is 793 g/mol. The standard InChI is InChI=1S/C58H104O6/c1-4-7-10-13-16-19-22-24-26-28-29-31-32-34-36-39-42-45-48-51-57(60)63-54-55(53-62-56(59)50-47-44-41-38-21-18-15-12-9-6-3)64-58(61)52-49-46-43-40-37-35-33-30-27-25-23-20-17-14-11-8-5-2/h15,17-18,20,25,27-29,55H,4-14,16,19,21-24,26,30-54H2,1-3H3/b18-15-,20-17-,27-25-,29-28-. The van der Waals surface area contributed by atoms with Gasteiger partial charge in [0, 0.05) is 19.3 Å². The van der Waals surface area contributed by atoms with Crippen LogP contribution in [0.2, 0.25) is 0 Å². The molecule has 372 valence electrons. The average molecular weight is 897 g/mol. The lowest BCUT2D eigenvalue weighted by atomic mass is 10.1. The van der Waals surface area contributed by atoms with Crippen LogP contribution >= 0.6 is 0 Å². The first kappa shape index (κ1) is 61.4. The van der Waals surface area contributed by atoms with Gasteiger partial charge in [-0.15, -0.1) is 0 Å². The number of unbranched alkanes of at least 4 members (excludes halogenated alkanes) is 31. The molecule has 0 aromatic carbocycles. The minimum atomic E-state index is -0.782. The van der Waals surface area contributed by atoms with Gasteiger partial charge in [0.15, 0.2) is 6.10 Å². The summed E-state index contributed by atoms with van der Waals surface area (Å²) in [6.45, 7) is 6.57. The second-order valence-electron chi connectivity index (χ2n) is 18.5. The molecule has 0 bridgehead atoms. The average Bonchev–Trinajstić information content (AvgIpc) is 3.29. The van der Waals surface area contributed by atoms with Crippen molar-refractivity contribution >= 4 is 17.9 Å². The highest BCUT2D eigenvalue weighted by atomic mass is 16.6. The predicted molar refractivity (Wildman–Crippen MR) is 275 cm³/mol. The van der Waals surface area contributed by atoms with Gasteiger partial charge in [0.25, 0.3) is 0 Å². The van der Waals surface area contributed by atoms with Crippen molar-refractivity contribution in [3.63, 3.8) is 0 Å². The van der Waals surface area contributed by atoms with Crippen LogP contribution in [0.4, 0.5) is 0 Å². The van der Waals surface area contributed by atoms with Crippen LogP contribution in [0.3, 0.4) is 0 Å². The van der Waals surface area contributed by atoms with E-state index in [0.717, 1.165) is 89.9 Å². The first-order valence-corrected chi connectivity index (χ1v) is 27.6.